The maximum Gasteiger partial charge on any atom is 0.0320 e. The molecule has 0 heterocycles. The van der Waals surface area contributed by atoms with E-state index in [-0.39, 0.29) is 0 Å². The molecule has 0 bridgehead atoms. The molecular weight excluding hydrogens is 194 g/mol. The fourth-order valence-electron chi connectivity index (χ4n) is 2.63. The number of nitrogens with one attached hydrogen (secondary N) is 1. The second-order valence-electron chi connectivity index (χ2n) is 5.02. The van der Waals surface area contributed by atoms with Crippen molar-refractivity contribution < 1.29 is 0 Å². The van der Waals surface area contributed by atoms with Crippen LogP contribution >= 0.6 is 0 Å². The van der Waals surface area contributed by atoms with Gasteiger partial charge in [-0.15, -0.1) is 0 Å². The Morgan fingerprint density at radius 1 is 1.19 bits per heavy atom. The fourth-order valence-corrected chi connectivity index (χ4v) is 2.63. The lowest BCUT2D eigenvalue weighted by atomic mass is 10.0. The van der Waals surface area contributed by atoms with Crippen LogP contribution in [0, 0.1) is 6.92 Å². The topological polar surface area (TPSA) is 12.0 Å². The lowest BCUT2D eigenvalue weighted by molar-refractivity contribution is 0.430. The van der Waals surface area contributed by atoms with Gasteiger partial charge in [0.1, 0.15) is 0 Å². The summed E-state index contributed by atoms with van der Waals surface area (Å²) in [7, 11) is 0. The molecule has 0 saturated heterocycles. The molecule has 0 aliphatic heterocycles. The molecule has 1 N–H and O–H groups in total. The summed E-state index contributed by atoms with van der Waals surface area (Å²) >= 11 is 0. The third-order valence-electron chi connectivity index (χ3n) is 3.68. The first-order valence-corrected chi connectivity index (χ1v) is 6.62. The molecule has 1 atom stereocenters. The first-order valence-electron chi connectivity index (χ1n) is 6.62. The van der Waals surface area contributed by atoms with Crippen molar-refractivity contribution in [3.63, 3.8) is 0 Å². The zero-order valence-electron chi connectivity index (χ0n) is 10.5. The second-order valence-corrected chi connectivity index (χ2v) is 5.02. The number of rotatable bonds is 4. The highest BCUT2D eigenvalue weighted by molar-refractivity contribution is 5.24. The van der Waals surface area contributed by atoms with Crippen LogP contribution in [0.25, 0.3) is 0 Å². The molecule has 1 unspecified atom stereocenters. The second kappa shape index (κ2) is 5.49. The van der Waals surface area contributed by atoms with E-state index in [0.717, 1.165) is 6.04 Å². The Bertz CT molecular complexity index is 309. The number of aryl methyl sites for hydroxylation is 1. The Hall–Kier alpha value is -0.820. The highest BCUT2D eigenvalue weighted by Crippen LogP contribution is 2.24. The van der Waals surface area contributed by atoms with Crippen molar-refractivity contribution in [1.29, 1.82) is 0 Å². The molecular formula is C15H23N. The van der Waals surface area contributed by atoms with Gasteiger partial charge >= 0.3 is 0 Å². The van der Waals surface area contributed by atoms with E-state index in [4.69, 9.17) is 0 Å². The zero-order chi connectivity index (χ0) is 11.4. The van der Waals surface area contributed by atoms with Gasteiger partial charge < -0.3 is 5.32 Å². The minimum Gasteiger partial charge on any atom is -0.307 e. The van der Waals surface area contributed by atoms with Gasteiger partial charge in [-0.2, -0.15) is 0 Å². The average molecular weight is 217 g/mol. The van der Waals surface area contributed by atoms with Gasteiger partial charge in [-0.3, -0.25) is 0 Å². The summed E-state index contributed by atoms with van der Waals surface area (Å²) in [4.78, 5) is 0. The summed E-state index contributed by atoms with van der Waals surface area (Å²) in [5, 5.41) is 3.80. The van der Waals surface area contributed by atoms with E-state index in [1.54, 1.807) is 0 Å². The number of benzene rings is 1. The van der Waals surface area contributed by atoms with Crippen LogP contribution in [0.15, 0.2) is 24.3 Å². The molecule has 1 nitrogen and oxygen atoms in total. The maximum atomic E-state index is 3.80. The molecule has 1 saturated carbocycles. The Morgan fingerprint density at radius 2 is 1.81 bits per heavy atom. The number of hydrogen-bond acceptors (Lipinski definition) is 1. The molecule has 1 aliphatic carbocycles. The first-order chi connectivity index (χ1) is 7.79. The van der Waals surface area contributed by atoms with Crippen LogP contribution in [0.3, 0.4) is 0 Å². The predicted octanol–water partition coefficient (Wildman–Crippen LogP) is 3.98. The summed E-state index contributed by atoms with van der Waals surface area (Å²) in [5.74, 6) is 0. The van der Waals surface area contributed by atoms with Crippen LogP contribution < -0.4 is 5.32 Å². The summed E-state index contributed by atoms with van der Waals surface area (Å²) in [6, 6.07) is 10.3. The van der Waals surface area contributed by atoms with Gasteiger partial charge in [0.25, 0.3) is 0 Å². The molecule has 0 aromatic heterocycles. The zero-order valence-corrected chi connectivity index (χ0v) is 10.5. The standard InChI is InChI=1S/C15H23N/c1-3-15(16-14-6-4-5-7-14)13-10-8-12(2)9-11-13/h8-11,14-16H,3-7H2,1-2H3. The molecule has 16 heavy (non-hydrogen) atoms. The van der Waals surface area contributed by atoms with Gasteiger partial charge in [0.2, 0.25) is 0 Å². The first kappa shape index (κ1) is 11.7. The van der Waals surface area contributed by atoms with E-state index in [1.807, 2.05) is 0 Å². The summed E-state index contributed by atoms with van der Waals surface area (Å²) in [5.41, 5.74) is 2.79. The quantitative estimate of drug-likeness (QED) is 0.804. The van der Waals surface area contributed by atoms with Crippen molar-refractivity contribution in [2.24, 2.45) is 0 Å². The third-order valence-corrected chi connectivity index (χ3v) is 3.68. The number of hydrogen-bond donors (Lipinski definition) is 1. The van der Waals surface area contributed by atoms with Crippen LogP contribution in [-0.4, -0.2) is 6.04 Å². The van der Waals surface area contributed by atoms with Crippen molar-refractivity contribution in [2.45, 2.75) is 58.0 Å². The molecule has 1 aliphatic rings. The van der Waals surface area contributed by atoms with Gasteiger partial charge in [-0.05, 0) is 31.7 Å². The van der Waals surface area contributed by atoms with Crippen LogP contribution in [0.4, 0.5) is 0 Å². The van der Waals surface area contributed by atoms with E-state index >= 15 is 0 Å². The van der Waals surface area contributed by atoms with Gasteiger partial charge in [-0.25, -0.2) is 0 Å². The Morgan fingerprint density at radius 3 is 2.38 bits per heavy atom. The van der Waals surface area contributed by atoms with Gasteiger partial charge in [0.05, 0.1) is 0 Å². The molecule has 88 valence electrons. The highest BCUT2D eigenvalue weighted by atomic mass is 15.0. The van der Waals surface area contributed by atoms with E-state index in [2.05, 4.69) is 43.4 Å². The van der Waals surface area contributed by atoms with E-state index in [0.29, 0.717) is 6.04 Å². The smallest absolute Gasteiger partial charge is 0.0320 e. The van der Waals surface area contributed by atoms with Gasteiger partial charge in [0, 0.05) is 12.1 Å². The van der Waals surface area contributed by atoms with E-state index < -0.39 is 0 Å². The minimum atomic E-state index is 0.545. The molecule has 0 amide bonds. The Balaban J connectivity index is 2.00. The van der Waals surface area contributed by atoms with Crippen LogP contribution in [0.5, 0.6) is 0 Å². The third kappa shape index (κ3) is 2.85. The summed E-state index contributed by atoms with van der Waals surface area (Å²) in [6.45, 7) is 4.42. The molecule has 1 heteroatoms. The molecule has 1 aromatic carbocycles. The Kier molecular flexibility index (Phi) is 4.00. The van der Waals surface area contributed by atoms with Crippen molar-refractivity contribution in [2.75, 3.05) is 0 Å². The lowest BCUT2D eigenvalue weighted by Crippen LogP contribution is -2.30. The molecule has 0 spiro atoms. The molecule has 1 aromatic rings. The highest BCUT2D eigenvalue weighted by Gasteiger charge is 2.18. The monoisotopic (exact) mass is 217 g/mol. The minimum absolute atomic E-state index is 0.545. The van der Waals surface area contributed by atoms with Crippen molar-refractivity contribution >= 4 is 0 Å². The molecule has 1 fully saturated rings. The summed E-state index contributed by atoms with van der Waals surface area (Å²) in [6.07, 6.45) is 6.72. The fraction of sp³-hybridized carbons (Fsp3) is 0.600. The van der Waals surface area contributed by atoms with Crippen LogP contribution in [0.1, 0.15) is 56.2 Å². The van der Waals surface area contributed by atoms with Crippen molar-refractivity contribution in [3.05, 3.63) is 35.4 Å². The molecule has 0 radical (unpaired) electrons. The van der Waals surface area contributed by atoms with Gasteiger partial charge in [-0.1, -0.05) is 49.6 Å². The summed E-state index contributed by atoms with van der Waals surface area (Å²) < 4.78 is 0. The largest absolute Gasteiger partial charge is 0.307 e. The molecule has 2 rings (SSSR count). The average Bonchev–Trinajstić information content (AvgIpc) is 2.80. The van der Waals surface area contributed by atoms with Crippen molar-refractivity contribution in [3.8, 4) is 0 Å². The van der Waals surface area contributed by atoms with E-state index in [1.165, 1.54) is 43.2 Å². The predicted molar refractivity (Wildman–Crippen MR) is 69.6 cm³/mol. The van der Waals surface area contributed by atoms with Crippen LogP contribution in [0.2, 0.25) is 0 Å². The van der Waals surface area contributed by atoms with Crippen LogP contribution in [-0.2, 0) is 0 Å². The lowest BCUT2D eigenvalue weighted by Gasteiger charge is -2.22. The maximum absolute atomic E-state index is 3.80. The van der Waals surface area contributed by atoms with E-state index in [9.17, 15) is 0 Å². The SMILES string of the molecule is CCC(NC1CCCC1)c1ccc(C)cc1. The normalized spacial score (nSPS) is 18.9. The van der Waals surface area contributed by atoms with Crippen molar-refractivity contribution in [1.82, 2.24) is 5.32 Å². The van der Waals surface area contributed by atoms with Gasteiger partial charge in [0.15, 0.2) is 0 Å². The Labute approximate surface area is 99.3 Å².